The summed E-state index contributed by atoms with van der Waals surface area (Å²) in [4.78, 5) is 17.5. The molecular weight excluding hydrogens is 234 g/mol. The van der Waals surface area contributed by atoms with Gasteiger partial charge in [-0.2, -0.15) is 0 Å². The van der Waals surface area contributed by atoms with Crippen molar-refractivity contribution in [2.24, 2.45) is 0 Å². The number of nitrogen functional groups attached to an aromatic ring is 2. The Hall–Kier alpha value is -2.70. The maximum absolute atomic E-state index is 11.2. The highest BCUT2D eigenvalue weighted by Crippen LogP contribution is 2.21. The van der Waals surface area contributed by atoms with Gasteiger partial charge in [0.15, 0.2) is 5.82 Å². The van der Waals surface area contributed by atoms with E-state index in [0.717, 1.165) is 0 Å². The lowest BCUT2D eigenvalue weighted by Gasteiger charge is -2.09. The smallest absolute Gasteiger partial charge is 0.276 e. The van der Waals surface area contributed by atoms with E-state index in [-0.39, 0.29) is 23.8 Å². The molecule has 0 radical (unpaired) electrons. The lowest BCUT2D eigenvalue weighted by molar-refractivity contribution is 0.469. The van der Waals surface area contributed by atoms with Crippen molar-refractivity contribution in [2.45, 2.75) is 6.54 Å². The molecule has 18 heavy (non-hydrogen) atoms. The molecule has 0 spiro atoms. The van der Waals surface area contributed by atoms with Gasteiger partial charge in [-0.3, -0.25) is 4.79 Å². The van der Waals surface area contributed by atoms with E-state index >= 15 is 0 Å². The maximum atomic E-state index is 11.2. The van der Waals surface area contributed by atoms with Gasteiger partial charge >= 0.3 is 0 Å². The van der Waals surface area contributed by atoms with Gasteiger partial charge < -0.3 is 26.9 Å². The third kappa shape index (κ3) is 2.34. The number of nitrogens with two attached hydrogens (primary N) is 2. The van der Waals surface area contributed by atoms with E-state index in [9.17, 15) is 9.90 Å². The van der Waals surface area contributed by atoms with E-state index in [4.69, 9.17) is 11.5 Å². The summed E-state index contributed by atoms with van der Waals surface area (Å²) in [6, 6.07) is 4.73. The molecular formula is C11H13N5O2. The number of anilines is 3. The summed E-state index contributed by atoms with van der Waals surface area (Å²) in [6.45, 7) is 0.261. The molecule has 0 aliphatic heterocycles. The number of aromatic amines is 1. The number of H-pyrrole nitrogens is 1. The van der Waals surface area contributed by atoms with Gasteiger partial charge in [-0.25, -0.2) is 4.98 Å². The fraction of sp³-hybridized carbons (Fsp3) is 0.0909. The lowest BCUT2D eigenvalue weighted by atomic mass is 10.2. The third-order valence-electron chi connectivity index (χ3n) is 2.44. The molecule has 2 aromatic rings. The topological polar surface area (TPSA) is 130 Å². The fourth-order valence-electron chi connectivity index (χ4n) is 1.48. The van der Waals surface area contributed by atoms with Crippen LogP contribution >= 0.6 is 0 Å². The zero-order valence-corrected chi connectivity index (χ0v) is 9.47. The molecule has 1 aromatic carbocycles. The summed E-state index contributed by atoms with van der Waals surface area (Å²) in [7, 11) is 0. The van der Waals surface area contributed by atoms with Gasteiger partial charge in [0.05, 0.1) is 6.33 Å². The Kier molecular flexibility index (Phi) is 3.05. The van der Waals surface area contributed by atoms with E-state index in [2.05, 4.69) is 15.3 Å². The van der Waals surface area contributed by atoms with Gasteiger partial charge in [0.1, 0.15) is 11.4 Å². The maximum Gasteiger partial charge on any atom is 0.276 e. The highest BCUT2D eigenvalue weighted by Gasteiger charge is 2.06. The number of hydrogen-bond donors (Lipinski definition) is 5. The molecule has 0 atom stereocenters. The lowest BCUT2D eigenvalue weighted by Crippen LogP contribution is -2.16. The van der Waals surface area contributed by atoms with Gasteiger partial charge in [-0.05, 0) is 18.2 Å². The van der Waals surface area contributed by atoms with Crippen LogP contribution in [-0.4, -0.2) is 15.1 Å². The molecule has 0 aliphatic carbocycles. The van der Waals surface area contributed by atoms with Crippen LogP contribution in [-0.2, 0) is 6.54 Å². The normalized spacial score (nSPS) is 10.2. The van der Waals surface area contributed by atoms with Gasteiger partial charge in [-0.15, -0.1) is 0 Å². The van der Waals surface area contributed by atoms with Crippen molar-refractivity contribution >= 4 is 17.2 Å². The van der Waals surface area contributed by atoms with Crippen LogP contribution in [0.2, 0.25) is 0 Å². The standard InChI is InChI=1S/C11H13N5O2/c12-7-1-2-8(17)6(3-7)4-14-10-9(13)11(18)16-5-15-10/h1-3,5,17H,4,12-13H2,(H2,14,15,16,18). The van der Waals surface area contributed by atoms with Crippen LogP contribution in [0.1, 0.15) is 5.56 Å². The highest BCUT2D eigenvalue weighted by molar-refractivity contribution is 5.59. The van der Waals surface area contributed by atoms with Crippen molar-refractivity contribution in [3.8, 4) is 5.75 Å². The SMILES string of the molecule is Nc1ccc(O)c(CNc2nc[nH]c(=O)c2N)c1. The predicted octanol–water partition coefficient (Wildman–Crippen LogP) is 0.252. The first-order chi connectivity index (χ1) is 8.58. The van der Waals surface area contributed by atoms with Crippen molar-refractivity contribution in [1.82, 2.24) is 9.97 Å². The largest absolute Gasteiger partial charge is 0.508 e. The van der Waals surface area contributed by atoms with Crippen LogP contribution in [0.3, 0.4) is 0 Å². The quantitative estimate of drug-likeness (QED) is 0.390. The van der Waals surface area contributed by atoms with Crippen LogP contribution in [0.25, 0.3) is 0 Å². The van der Waals surface area contributed by atoms with Crippen LogP contribution in [0.15, 0.2) is 29.3 Å². The second-order valence-electron chi connectivity index (χ2n) is 3.74. The summed E-state index contributed by atoms with van der Waals surface area (Å²) in [5.41, 5.74) is 11.9. The van der Waals surface area contributed by atoms with E-state index < -0.39 is 5.56 Å². The van der Waals surface area contributed by atoms with Crippen LogP contribution < -0.4 is 22.3 Å². The number of nitrogens with zero attached hydrogens (tertiary/aromatic N) is 1. The van der Waals surface area contributed by atoms with Crippen LogP contribution in [0.5, 0.6) is 5.75 Å². The number of benzene rings is 1. The minimum atomic E-state index is -0.413. The highest BCUT2D eigenvalue weighted by atomic mass is 16.3. The van der Waals surface area contributed by atoms with Crippen molar-refractivity contribution in [1.29, 1.82) is 0 Å². The number of aromatic nitrogens is 2. The molecule has 0 saturated carbocycles. The average molecular weight is 247 g/mol. The van der Waals surface area contributed by atoms with Gasteiger partial charge in [0.2, 0.25) is 0 Å². The average Bonchev–Trinajstić information content (AvgIpc) is 2.35. The van der Waals surface area contributed by atoms with E-state index in [0.29, 0.717) is 11.3 Å². The molecule has 2 rings (SSSR count). The monoisotopic (exact) mass is 247 g/mol. The minimum Gasteiger partial charge on any atom is -0.508 e. The molecule has 0 fully saturated rings. The summed E-state index contributed by atoms with van der Waals surface area (Å²) >= 11 is 0. The molecule has 0 amide bonds. The van der Waals surface area contributed by atoms with Gasteiger partial charge in [0.25, 0.3) is 5.56 Å². The van der Waals surface area contributed by atoms with Crippen LogP contribution in [0.4, 0.5) is 17.2 Å². The third-order valence-corrected chi connectivity index (χ3v) is 2.44. The van der Waals surface area contributed by atoms with Crippen molar-refractivity contribution in [3.63, 3.8) is 0 Å². The first-order valence-electron chi connectivity index (χ1n) is 5.22. The summed E-state index contributed by atoms with van der Waals surface area (Å²) < 4.78 is 0. The molecule has 0 saturated heterocycles. The molecule has 1 heterocycles. The molecule has 0 aliphatic rings. The number of phenolic OH excluding ortho intramolecular Hbond substituents is 1. The number of hydrogen-bond acceptors (Lipinski definition) is 6. The molecule has 7 nitrogen and oxygen atoms in total. The first-order valence-corrected chi connectivity index (χ1v) is 5.22. The molecule has 7 N–H and O–H groups in total. The molecule has 7 heteroatoms. The summed E-state index contributed by atoms with van der Waals surface area (Å²) in [5.74, 6) is 0.376. The zero-order chi connectivity index (χ0) is 13.1. The second kappa shape index (κ2) is 4.66. The van der Waals surface area contributed by atoms with Crippen LogP contribution in [0, 0.1) is 0 Å². The number of aromatic hydroxyl groups is 1. The predicted molar refractivity (Wildman–Crippen MR) is 69.1 cm³/mol. The summed E-state index contributed by atoms with van der Waals surface area (Å²) in [6.07, 6.45) is 1.25. The van der Waals surface area contributed by atoms with E-state index in [1.807, 2.05) is 0 Å². The van der Waals surface area contributed by atoms with Crippen molar-refractivity contribution in [2.75, 3.05) is 16.8 Å². The van der Waals surface area contributed by atoms with Crippen molar-refractivity contribution < 1.29 is 5.11 Å². The number of nitrogens with one attached hydrogen (secondary N) is 2. The second-order valence-corrected chi connectivity index (χ2v) is 3.74. The number of rotatable bonds is 3. The Balaban J connectivity index is 2.19. The molecule has 0 unspecified atom stereocenters. The Labute approximate surface area is 102 Å². The molecule has 94 valence electrons. The van der Waals surface area contributed by atoms with E-state index in [1.54, 1.807) is 12.1 Å². The van der Waals surface area contributed by atoms with Crippen molar-refractivity contribution in [3.05, 3.63) is 40.4 Å². The molecule has 0 bridgehead atoms. The Bertz CT molecular complexity index is 623. The van der Waals surface area contributed by atoms with Gasteiger partial charge in [0, 0.05) is 17.8 Å². The van der Waals surface area contributed by atoms with E-state index in [1.165, 1.54) is 12.4 Å². The zero-order valence-electron chi connectivity index (χ0n) is 9.47. The Morgan fingerprint density at radius 2 is 2.17 bits per heavy atom. The van der Waals surface area contributed by atoms with Gasteiger partial charge in [-0.1, -0.05) is 0 Å². The first kappa shape index (κ1) is 11.8. The Morgan fingerprint density at radius 1 is 1.39 bits per heavy atom. The fourth-order valence-corrected chi connectivity index (χ4v) is 1.48. The summed E-state index contributed by atoms with van der Waals surface area (Å²) in [5, 5.41) is 12.5. The molecule has 1 aromatic heterocycles. The number of phenols is 1. The Morgan fingerprint density at radius 3 is 2.94 bits per heavy atom. The minimum absolute atomic E-state index is 0.000827.